The molecule has 6 nitrogen and oxygen atoms in total. The van der Waals surface area contributed by atoms with Gasteiger partial charge in [0.2, 0.25) is 9.84 Å². The van der Waals surface area contributed by atoms with Crippen molar-refractivity contribution in [2.75, 3.05) is 24.3 Å². The molecule has 1 N–H and O–H groups in total. The van der Waals surface area contributed by atoms with Gasteiger partial charge < -0.3 is 10.2 Å². The van der Waals surface area contributed by atoms with Gasteiger partial charge in [0, 0.05) is 30.9 Å². The number of nitriles is 1. The molecule has 0 aliphatic carbocycles. The Morgan fingerprint density at radius 1 is 1.15 bits per heavy atom. The number of anilines is 2. The van der Waals surface area contributed by atoms with Crippen LogP contribution >= 0.6 is 0 Å². The first kappa shape index (κ1) is 18.4. The van der Waals surface area contributed by atoms with Crippen LogP contribution < -0.4 is 10.2 Å². The van der Waals surface area contributed by atoms with Crippen molar-refractivity contribution < 1.29 is 13.2 Å². The quantitative estimate of drug-likeness (QED) is 0.651. The molecule has 0 fully saturated rings. The Morgan fingerprint density at radius 3 is 2.48 bits per heavy atom. The van der Waals surface area contributed by atoms with Crippen LogP contribution in [0.3, 0.4) is 0 Å². The Hall–Kier alpha value is -3.37. The number of sulfone groups is 1. The van der Waals surface area contributed by atoms with Gasteiger partial charge in [0.25, 0.3) is 5.91 Å². The third-order valence-electron chi connectivity index (χ3n) is 4.09. The van der Waals surface area contributed by atoms with Crippen molar-refractivity contribution >= 4 is 39.3 Å². The van der Waals surface area contributed by atoms with Crippen LogP contribution in [-0.2, 0) is 14.6 Å². The van der Waals surface area contributed by atoms with Crippen molar-refractivity contribution in [3.63, 3.8) is 0 Å². The Balaban J connectivity index is 1.81. The molecule has 1 heterocycles. The molecular weight excluding hydrogens is 362 g/mol. The summed E-state index contributed by atoms with van der Waals surface area (Å²) in [4.78, 5) is 14.5. The van der Waals surface area contributed by atoms with Crippen LogP contribution in [0.2, 0.25) is 0 Å². The minimum Gasteiger partial charge on any atom is -0.378 e. The maximum absolute atomic E-state index is 12.4. The first-order valence-corrected chi connectivity index (χ1v) is 9.62. The van der Waals surface area contributed by atoms with Gasteiger partial charge in [-0.25, -0.2) is 8.42 Å². The van der Waals surface area contributed by atoms with E-state index in [-0.39, 0.29) is 10.5 Å². The van der Waals surface area contributed by atoms with Gasteiger partial charge in [-0.2, -0.15) is 5.26 Å². The van der Waals surface area contributed by atoms with E-state index in [1.165, 1.54) is 18.2 Å². The van der Waals surface area contributed by atoms with Crippen LogP contribution in [0.4, 0.5) is 11.4 Å². The Labute approximate surface area is 158 Å². The lowest BCUT2D eigenvalue weighted by atomic mass is 10.1. The van der Waals surface area contributed by atoms with E-state index in [9.17, 15) is 18.5 Å². The van der Waals surface area contributed by atoms with Gasteiger partial charge >= 0.3 is 0 Å². The van der Waals surface area contributed by atoms with E-state index < -0.39 is 15.7 Å². The largest absolute Gasteiger partial charge is 0.378 e. The van der Waals surface area contributed by atoms with E-state index in [1.807, 2.05) is 49.3 Å². The summed E-state index contributed by atoms with van der Waals surface area (Å²) in [5, 5.41) is 13.0. The first-order valence-electron chi connectivity index (χ1n) is 8.08. The molecule has 7 heteroatoms. The summed E-state index contributed by atoms with van der Waals surface area (Å²) >= 11 is 0. The van der Waals surface area contributed by atoms with E-state index in [2.05, 4.69) is 5.32 Å². The van der Waals surface area contributed by atoms with Gasteiger partial charge in [-0.05, 0) is 47.5 Å². The third-order valence-corrected chi connectivity index (χ3v) is 5.55. The summed E-state index contributed by atoms with van der Waals surface area (Å²) in [5.41, 5.74) is 2.53. The molecule has 0 unspecified atom stereocenters. The normalized spacial score (nSPS) is 14.3. The number of benzene rings is 2. The molecule has 1 amide bonds. The number of hydrogen-bond acceptors (Lipinski definition) is 5. The van der Waals surface area contributed by atoms with Crippen LogP contribution in [0, 0.1) is 11.3 Å². The first-order chi connectivity index (χ1) is 12.8. The van der Waals surface area contributed by atoms with Gasteiger partial charge in [-0.15, -0.1) is 0 Å². The fourth-order valence-electron chi connectivity index (χ4n) is 2.61. The number of nitrogens with one attached hydrogen (secondary N) is 1. The zero-order valence-corrected chi connectivity index (χ0v) is 15.6. The second-order valence-corrected chi connectivity index (χ2v) is 8.01. The van der Waals surface area contributed by atoms with E-state index in [1.54, 1.807) is 12.1 Å². The number of hydrogen-bond donors (Lipinski definition) is 1. The smallest absolute Gasteiger partial charge is 0.266 e. The lowest BCUT2D eigenvalue weighted by molar-refractivity contribution is -0.112. The van der Waals surface area contributed by atoms with Crippen LogP contribution in [0.15, 0.2) is 58.3 Å². The molecule has 2 aromatic rings. The highest BCUT2D eigenvalue weighted by Gasteiger charge is 2.21. The molecule has 27 heavy (non-hydrogen) atoms. The van der Waals surface area contributed by atoms with Crippen molar-refractivity contribution in [1.82, 2.24) is 0 Å². The molecule has 0 bridgehead atoms. The summed E-state index contributed by atoms with van der Waals surface area (Å²) in [6.45, 7) is 0. The van der Waals surface area contributed by atoms with E-state index in [4.69, 9.17) is 0 Å². The van der Waals surface area contributed by atoms with E-state index >= 15 is 0 Å². The summed E-state index contributed by atoms with van der Waals surface area (Å²) in [6, 6.07) is 13.9. The molecule has 0 aromatic heterocycles. The Kier molecular flexibility index (Phi) is 4.84. The summed E-state index contributed by atoms with van der Waals surface area (Å²) in [6.07, 6.45) is 2.99. The molecule has 1 aliphatic rings. The maximum atomic E-state index is 12.4. The minimum atomic E-state index is -3.46. The number of amides is 1. The molecule has 0 atom stereocenters. The van der Waals surface area contributed by atoms with Gasteiger partial charge in [-0.1, -0.05) is 18.2 Å². The summed E-state index contributed by atoms with van der Waals surface area (Å²) in [5.74, 6) is -0.600. The second kappa shape index (κ2) is 7.09. The molecule has 0 saturated carbocycles. The van der Waals surface area contributed by atoms with Crippen molar-refractivity contribution in [2.45, 2.75) is 4.90 Å². The van der Waals surface area contributed by atoms with Gasteiger partial charge in [0.1, 0.15) is 11.6 Å². The van der Waals surface area contributed by atoms with Crippen molar-refractivity contribution in [3.8, 4) is 6.07 Å². The number of carbonyl (C=O) groups excluding carboxylic acids is 1. The predicted octanol–water partition coefficient (Wildman–Crippen LogP) is 3.06. The maximum Gasteiger partial charge on any atom is 0.266 e. The Morgan fingerprint density at radius 2 is 1.85 bits per heavy atom. The lowest BCUT2D eigenvalue weighted by Gasteiger charge is -2.12. The van der Waals surface area contributed by atoms with Gasteiger partial charge in [0.05, 0.1) is 4.90 Å². The Bertz CT molecular complexity index is 1110. The number of fused-ring (bicyclic) bond motifs is 1. The molecule has 2 aromatic carbocycles. The zero-order valence-electron chi connectivity index (χ0n) is 14.8. The monoisotopic (exact) mass is 379 g/mol. The van der Waals surface area contributed by atoms with Crippen LogP contribution in [-0.4, -0.2) is 28.4 Å². The SMILES string of the molecule is CN(C)c1ccc(/C=C(/C#N)C(=O)Nc2ccc3c(c2)S(=O)(=O)C=C3)cc1. The highest BCUT2D eigenvalue weighted by Crippen LogP contribution is 2.29. The fraction of sp³-hybridized carbons (Fsp3) is 0.100. The molecular formula is C20H17N3O3S. The fourth-order valence-corrected chi connectivity index (χ4v) is 3.84. The summed E-state index contributed by atoms with van der Waals surface area (Å²) < 4.78 is 23.9. The predicted molar refractivity (Wildman–Crippen MR) is 106 cm³/mol. The highest BCUT2D eigenvalue weighted by atomic mass is 32.2. The third kappa shape index (κ3) is 3.91. The van der Waals surface area contributed by atoms with Crippen molar-refractivity contribution in [1.29, 1.82) is 5.26 Å². The molecule has 3 rings (SSSR count). The highest BCUT2D eigenvalue weighted by molar-refractivity contribution is 7.94. The molecule has 0 radical (unpaired) electrons. The number of rotatable bonds is 4. The minimum absolute atomic E-state index is 0.0749. The zero-order chi connectivity index (χ0) is 19.6. The summed E-state index contributed by atoms with van der Waals surface area (Å²) in [7, 11) is 0.379. The second-order valence-electron chi connectivity index (χ2n) is 6.21. The number of nitrogens with zero attached hydrogens (tertiary/aromatic N) is 2. The van der Waals surface area contributed by atoms with Crippen LogP contribution in [0.25, 0.3) is 12.2 Å². The van der Waals surface area contributed by atoms with Gasteiger partial charge in [0.15, 0.2) is 0 Å². The van der Waals surface area contributed by atoms with Gasteiger partial charge in [-0.3, -0.25) is 4.79 Å². The molecule has 1 aliphatic heterocycles. The van der Waals surface area contributed by atoms with E-state index in [0.29, 0.717) is 16.8 Å². The lowest BCUT2D eigenvalue weighted by Crippen LogP contribution is -2.14. The molecule has 136 valence electrons. The van der Waals surface area contributed by atoms with E-state index in [0.717, 1.165) is 11.1 Å². The average molecular weight is 379 g/mol. The van der Waals surface area contributed by atoms with Crippen molar-refractivity contribution in [3.05, 3.63) is 64.6 Å². The van der Waals surface area contributed by atoms with Crippen molar-refractivity contribution in [2.24, 2.45) is 0 Å². The topological polar surface area (TPSA) is 90.3 Å². The van der Waals surface area contributed by atoms with Crippen LogP contribution in [0.5, 0.6) is 0 Å². The molecule has 0 spiro atoms. The van der Waals surface area contributed by atoms with Crippen LogP contribution in [0.1, 0.15) is 11.1 Å². The average Bonchev–Trinajstić information content (AvgIpc) is 2.94. The standard InChI is InChI=1S/C20H17N3O3S/c1-23(2)18-7-3-14(4-8-18)11-16(13-21)20(24)22-17-6-5-15-9-10-27(25,26)19(15)12-17/h3-12H,1-2H3,(H,22,24)/b16-11-. The number of carbonyl (C=O) groups is 1. The molecule has 0 saturated heterocycles.